The first kappa shape index (κ1) is 30.8. The number of nitrogens with zero attached hydrogens (tertiary/aromatic N) is 3. The number of fused-ring (bicyclic) bond motifs is 1. The van der Waals surface area contributed by atoms with Crippen LogP contribution in [0.2, 0.25) is 5.02 Å². The lowest BCUT2D eigenvalue weighted by Crippen LogP contribution is -2.29. The van der Waals surface area contributed by atoms with Crippen LogP contribution in [0.3, 0.4) is 0 Å². The number of aromatic nitrogens is 2. The van der Waals surface area contributed by atoms with Gasteiger partial charge in [-0.3, -0.25) is 14.5 Å². The zero-order valence-electron chi connectivity index (χ0n) is 24.7. The van der Waals surface area contributed by atoms with E-state index in [4.69, 9.17) is 25.8 Å². The number of ether oxygens (including phenoxy) is 3. The molecule has 1 atom stereocenters. The molecule has 2 aliphatic heterocycles. The highest BCUT2D eigenvalue weighted by Crippen LogP contribution is 2.45. The first-order chi connectivity index (χ1) is 23.0. The summed E-state index contributed by atoms with van der Waals surface area (Å²) in [5.41, 5.74) is 2.69. The van der Waals surface area contributed by atoms with E-state index >= 15 is 0 Å². The highest BCUT2D eigenvalue weighted by molar-refractivity contribution is 8.00. The van der Waals surface area contributed by atoms with Crippen molar-refractivity contribution >= 4 is 57.3 Å². The summed E-state index contributed by atoms with van der Waals surface area (Å²) >= 11 is 8.94. The maximum atomic E-state index is 13.8. The second-order valence-corrected chi connectivity index (χ2v) is 13.2. The number of aliphatic hydroxyl groups is 1. The quantitative estimate of drug-likeness (QED) is 0.0556. The van der Waals surface area contributed by atoms with E-state index in [1.807, 2.05) is 54.6 Å². The Morgan fingerprint density at radius 2 is 1.72 bits per heavy atom. The van der Waals surface area contributed by atoms with E-state index < -0.39 is 17.7 Å². The Morgan fingerprint density at radius 1 is 0.936 bits per heavy atom. The number of aliphatic hydroxyl groups excluding tert-OH is 1. The van der Waals surface area contributed by atoms with Gasteiger partial charge < -0.3 is 19.3 Å². The Labute approximate surface area is 283 Å². The van der Waals surface area contributed by atoms with Crippen molar-refractivity contribution in [2.45, 2.75) is 22.7 Å². The van der Waals surface area contributed by atoms with Gasteiger partial charge in [-0.15, -0.1) is 10.2 Å². The standard InChI is InChI=1S/C35H26ClN3O6S2/c36-26-12-5-4-9-24(26)20-46-35-38-37-34(47-35)39-30(22-10-6-11-25(17-22)45-19-21-7-2-1-3-8-21)29(32(41)33(39)42)31(40)23-13-14-27-28(18-23)44-16-15-43-27/h1-14,17-18,30,40H,15-16,19-20H2/b31-29-. The van der Waals surface area contributed by atoms with Gasteiger partial charge in [-0.05, 0) is 53.1 Å². The molecule has 12 heteroatoms. The molecule has 0 aliphatic carbocycles. The molecule has 9 nitrogen and oxygen atoms in total. The van der Waals surface area contributed by atoms with E-state index in [2.05, 4.69) is 10.2 Å². The number of amides is 1. The predicted octanol–water partition coefficient (Wildman–Crippen LogP) is 7.46. The van der Waals surface area contributed by atoms with Crippen molar-refractivity contribution in [2.24, 2.45) is 0 Å². The molecule has 0 radical (unpaired) electrons. The first-order valence-electron chi connectivity index (χ1n) is 14.6. The van der Waals surface area contributed by atoms with Crippen molar-refractivity contribution in [2.75, 3.05) is 18.1 Å². The van der Waals surface area contributed by atoms with E-state index in [1.54, 1.807) is 42.5 Å². The van der Waals surface area contributed by atoms with Crippen molar-refractivity contribution in [1.82, 2.24) is 10.2 Å². The molecule has 4 aromatic carbocycles. The molecule has 5 aromatic rings. The van der Waals surface area contributed by atoms with Crippen LogP contribution in [0.15, 0.2) is 107 Å². The molecular formula is C35H26ClN3O6S2. The number of hydrogen-bond acceptors (Lipinski definition) is 10. The van der Waals surface area contributed by atoms with Crippen molar-refractivity contribution in [3.8, 4) is 17.2 Å². The largest absolute Gasteiger partial charge is 0.507 e. The summed E-state index contributed by atoms with van der Waals surface area (Å²) in [6.45, 7) is 1.09. The fourth-order valence-corrected chi connectivity index (χ4v) is 7.47. The SMILES string of the molecule is O=C1C(=O)N(c2nnc(SCc3ccccc3Cl)s2)C(c2cccc(OCc3ccccc3)c2)/C1=C(/O)c1ccc2c(c1)OCCO2. The number of carbonyl (C=O) groups is 2. The maximum Gasteiger partial charge on any atom is 0.301 e. The van der Waals surface area contributed by atoms with E-state index in [0.29, 0.717) is 63.3 Å². The number of hydrogen-bond donors (Lipinski definition) is 1. The third kappa shape index (κ3) is 6.42. The Bertz CT molecular complexity index is 2000. The van der Waals surface area contributed by atoms with Crippen LogP contribution < -0.4 is 19.1 Å². The molecule has 2 aliphatic rings. The van der Waals surface area contributed by atoms with Crippen LogP contribution in [0.4, 0.5) is 5.13 Å². The molecule has 1 aromatic heterocycles. The summed E-state index contributed by atoms with van der Waals surface area (Å²) in [7, 11) is 0. The summed E-state index contributed by atoms with van der Waals surface area (Å²) in [5, 5.41) is 21.1. The molecule has 0 saturated carbocycles. The number of anilines is 1. The fourth-order valence-electron chi connectivity index (χ4n) is 5.32. The van der Waals surface area contributed by atoms with Crippen LogP contribution in [0.25, 0.3) is 5.76 Å². The van der Waals surface area contributed by atoms with Crippen LogP contribution in [0, 0.1) is 0 Å². The zero-order valence-corrected chi connectivity index (χ0v) is 27.1. The number of thioether (sulfide) groups is 1. The maximum absolute atomic E-state index is 13.8. The van der Waals surface area contributed by atoms with Gasteiger partial charge >= 0.3 is 5.91 Å². The molecular weight excluding hydrogens is 658 g/mol. The molecule has 1 amide bonds. The molecule has 1 N–H and O–H groups in total. The summed E-state index contributed by atoms with van der Waals surface area (Å²) in [5.74, 6) is 0.0183. The Morgan fingerprint density at radius 3 is 2.55 bits per heavy atom. The number of carbonyl (C=O) groups excluding carboxylic acids is 2. The van der Waals surface area contributed by atoms with Gasteiger partial charge in [-0.25, -0.2) is 0 Å². The minimum atomic E-state index is -1.02. The molecule has 0 bridgehead atoms. The highest BCUT2D eigenvalue weighted by Gasteiger charge is 2.48. The van der Waals surface area contributed by atoms with Gasteiger partial charge in [0.25, 0.3) is 5.78 Å². The van der Waals surface area contributed by atoms with Gasteiger partial charge in [0.05, 0.1) is 11.6 Å². The highest BCUT2D eigenvalue weighted by atomic mass is 35.5. The number of halogens is 1. The lowest BCUT2D eigenvalue weighted by molar-refractivity contribution is -0.132. The van der Waals surface area contributed by atoms with Crippen molar-refractivity contribution < 1.29 is 28.9 Å². The molecule has 1 unspecified atom stereocenters. The minimum absolute atomic E-state index is 0.0904. The monoisotopic (exact) mass is 683 g/mol. The van der Waals surface area contributed by atoms with Crippen molar-refractivity contribution in [3.05, 3.63) is 130 Å². The number of Topliss-reactive ketones (excluding diaryl/α,β-unsaturated/α-hetero) is 1. The smallest absolute Gasteiger partial charge is 0.301 e. The second kappa shape index (κ2) is 13.5. The summed E-state index contributed by atoms with van der Waals surface area (Å²) in [6.07, 6.45) is 0. The van der Waals surface area contributed by atoms with Crippen LogP contribution in [0.5, 0.6) is 17.2 Å². The van der Waals surface area contributed by atoms with Crippen LogP contribution in [0.1, 0.15) is 28.3 Å². The Hall–Kier alpha value is -4.84. The van der Waals surface area contributed by atoms with Crippen LogP contribution in [-0.2, 0) is 21.9 Å². The molecule has 47 heavy (non-hydrogen) atoms. The molecule has 3 heterocycles. The first-order valence-corrected chi connectivity index (χ1v) is 16.8. The molecule has 1 fully saturated rings. The van der Waals surface area contributed by atoms with Crippen LogP contribution >= 0.6 is 34.7 Å². The Balaban J connectivity index is 1.26. The Kier molecular flexibility index (Phi) is 8.84. The third-order valence-electron chi connectivity index (χ3n) is 7.59. The molecule has 1 saturated heterocycles. The second-order valence-electron chi connectivity index (χ2n) is 10.6. The number of benzene rings is 4. The lowest BCUT2D eigenvalue weighted by atomic mass is 9.95. The normalized spacial score (nSPS) is 16.8. The third-order valence-corrected chi connectivity index (χ3v) is 10.1. The van der Waals surface area contributed by atoms with Crippen LogP contribution in [-0.4, -0.2) is 40.2 Å². The minimum Gasteiger partial charge on any atom is -0.507 e. The van der Waals surface area contributed by atoms with Gasteiger partial charge in [0.15, 0.2) is 15.8 Å². The summed E-state index contributed by atoms with van der Waals surface area (Å²) in [4.78, 5) is 28.8. The van der Waals surface area contributed by atoms with Gasteiger partial charge in [0.1, 0.15) is 31.3 Å². The van der Waals surface area contributed by atoms with E-state index in [0.717, 1.165) is 11.1 Å². The van der Waals surface area contributed by atoms with Gasteiger partial charge in [-0.2, -0.15) is 0 Å². The predicted molar refractivity (Wildman–Crippen MR) is 180 cm³/mol. The van der Waals surface area contributed by atoms with Crippen molar-refractivity contribution in [1.29, 1.82) is 0 Å². The van der Waals surface area contributed by atoms with E-state index in [-0.39, 0.29) is 16.5 Å². The average molecular weight is 684 g/mol. The molecule has 236 valence electrons. The number of ketones is 1. The average Bonchev–Trinajstić information content (AvgIpc) is 3.68. The molecule has 0 spiro atoms. The summed E-state index contributed by atoms with van der Waals surface area (Å²) in [6, 6.07) is 28.3. The van der Waals surface area contributed by atoms with Gasteiger partial charge in [0, 0.05) is 16.3 Å². The van der Waals surface area contributed by atoms with Crippen molar-refractivity contribution in [3.63, 3.8) is 0 Å². The zero-order chi connectivity index (χ0) is 32.3. The van der Waals surface area contributed by atoms with Gasteiger partial charge in [-0.1, -0.05) is 95.4 Å². The van der Waals surface area contributed by atoms with Gasteiger partial charge in [0.2, 0.25) is 5.13 Å². The fraction of sp³-hybridized carbons (Fsp3) is 0.143. The van der Waals surface area contributed by atoms with E-state index in [1.165, 1.54) is 28.0 Å². The summed E-state index contributed by atoms with van der Waals surface area (Å²) < 4.78 is 18.0. The lowest BCUT2D eigenvalue weighted by Gasteiger charge is -2.23. The number of rotatable bonds is 9. The van der Waals surface area contributed by atoms with E-state index in [9.17, 15) is 14.7 Å². The topological polar surface area (TPSA) is 111 Å². The molecule has 7 rings (SSSR count).